The number of hydrogen-bond acceptors (Lipinski definition) is 2. The summed E-state index contributed by atoms with van der Waals surface area (Å²) in [6.07, 6.45) is -3.11. The molecule has 1 aromatic carbocycles. The van der Waals surface area contributed by atoms with E-state index in [0.29, 0.717) is 11.4 Å². The lowest BCUT2D eigenvalue weighted by molar-refractivity contribution is -0.137. The number of nitrogen functional groups attached to an aromatic ring is 1. The molecule has 0 saturated carbocycles. The number of nitrogens with two attached hydrogens (primary N) is 1. The van der Waals surface area contributed by atoms with Crippen LogP contribution in [0.15, 0.2) is 24.4 Å². The molecule has 0 aliphatic rings. The Labute approximate surface area is 106 Å². The lowest BCUT2D eigenvalue weighted by Crippen LogP contribution is -2.08. The largest absolute Gasteiger partial charge is 0.417 e. The van der Waals surface area contributed by atoms with Crippen molar-refractivity contribution in [1.82, 2.24) is 9.78 Å². The van der Waals surface area contributed by atoms with Gasteiger partial charge in [-0.15, -0.1) is 0 Å². The molecule has 0 unspecified atom stereocenters. The first-order valence-electron chi connectivity index (χ1n) is 4.98. The molecular formula is C11H9ClF3N3. The zero-order chi connectivity index (χ0) is 13.5. The second-order valence-corrected chi connectivity index (χ2v) is 4.17. The summed E-state index contributed by atoms with van der Waals surface area (Å²) in [4.78, 5) is 0. The molecule has 0 spiro atoms. The molecule has 0 aliphatic heterocycles. The minimum absolute atomic E-state index is 0.265. The summed E-state index contributed by atoms with van der Waals surface area (Å²) in [5.74, 6) is 0. The number of nitrogens with zero attached hydrogens (tertiary/aromatic N) is 2. The summed E-state index contributed by atoms with van der Waals surface area (Å²) in [6, 6.07) is 3.59. The van der Waals surface area contributed by atoms with Gasteiger partial charge in [-0.05, 0) is 25.1 Å². The predicted octanol–water partition coefficient (Wildman–Crippen LogP) is 3.44. The molecule has 0 saturated heterocycles. The molecule has 1 heterocycles. The topological polar surface area (TPSA) is 43.8 Å². The second kappa shape index (κ2) is 4.20. The summed E-state index contributed by atoms with van der Waals surface area (Å²) >= 11 is 5.54. The summed E-state index contributed by atoms with van der Waals surface area (Å²) in [5, 5.41) is 3.58. The Bertz CT molecular complexity index is 590. The van der Waals surface area contributed by atoms with Crippen LogP contribution in [0.4, 0.5) is 18.9 Å². The van der Waals surface area contributed by atoms with Crippen LogP contribution < -0.4 is 5.73 Å². The van der Waals surface area contributed by atoms with Crippen LogP contribution in [0.5, 0.6) is 0 Å². The van der Waals surface area contributed by atoms with Gasteiger partial charge >= 0.3 is 6.18 Å². The van der Waals surface area contributed by atoms with Gasteiger partial charge in [0.15, 0.2) is 0 Å². The molecule has 0 fully saturated rings. The van der Waals surface area contributed by atoms with Crippen LogP contribution >= 0.6 is 11.6 Å². The smallest absolute Gasteiger partial charge is 0.396 e. The molecule has 1 aromatic heterocycles. The first-order valence-corrected chi connectivity index (χ1v) is 5.35. The van der Waals surface area contributed by atoms with Crippen molar-refractivity contribution in [3.8, 4) is 5.69 Å². The Morgan fingerprint density at radius 1 is 1.33 bits per heavy atom. The molecule has 96 valence electrons. The molecule has 0 bridgehead atoms. The third kappa shape index (κ3) is 2.15. The number of anilines is 1. The second-order valence-electron chi connectivity index (χ2n) is 3.76. The average molecular weight is 276 g/mol. The fraction of sp³-hybridized carbons (Fsp3) is 0.182. The first-order chi connectivity index (χ1) is 8.30. The van der Waals surface area contributed by atoms with E-state index in [0.717, 1.165) is 6.07 Å². The highest BCUT2D eigenvalue weighted by Crippen LogP contribution is 2.36. The molecule has 18 heavy (non-hydrogen) atoms. The van der Waals surface area contributed by atoms with Gasteiger partial charge in [0.1, 0.15) is 0 Å². The van der Waals surface area contributed by atoms with E-state index in [-0.39, 0.29) is 10.7 Å². The Hall–Kier alpha value is -1.69. The molecule has 0 radical (unpaired) electrons. The zero-order valence-corrected chi connectivity index (χ0v) is 10.0. The molecule has 0 amide bonds. The van der Waals surface area contributed by atoms with E-state index in [1.54, 1.807) is 6.92 Å². The Balaban J connectivity index is 2.58. The summed E-state index contributed by atoms with van der Waals surface area (Å²) in [5.41, 5.74) is 5.96. The van der Waals surface area contributed by atoms with Crippen molar-refractivity contribution in [1.29, 1.82) is 0 Å². The molecule has 0 aliphatic carbocycles. The van der Waals surface area contributed by atoms with Crippen molar-refractivity contribution in [3.05, 3.63) is 40.7 Å². The van der Waals surface area contributed by atoms with Crippen molar-refractivity contribution < 1.29 is 13.2 Å². The van der Waals surface area contributed by atoms with Gasteiger partial charge in [-0.3, -0.25) is 0 Å². The van der Waals surface area contributed by atoms with Crippen LogP contribution in [-0.4, -0.2) is 9.78 Å². The lowest BCUT2D eigenvalue weighted by atomic mass is 10.2. The highest BCUT2D eigenvalue weighted by atomic mass is 35.5. The van der Waals surface area contributed by atoms with Gasteiger partial charge in [0, 0.05) is 0 Å². The normalized spacial score (nSPS) is 11.8. The first kappa shape index (κ1) is 12.8. The number of rotatable bonds is 1. The predicted molar refractivity (Wildman–Crippen MR) is 62.7 cm³/mol. The highest BCUT2D eigenvalue weighted by molar-refractivity contribution is 6.31. The number of hydrogen-bond donors (Lipinski definition) is 1. The number of benzene rings is 1. The number of aromatic nitrogens is 2. The molecule has 2 aromatic rings. The molecule has 0 atom stereocenters. The monoisotopic (exact) mass is 275 g/mol. The van der Waals surface area contributed by atoms with Crippen LogP contribution in [0.1, 0.15) is 11.3 Å². The quantitative estimate of drug-likeness (QED) is 0.866. The Kier molecular flexibility index (Phi) is 2.98. The minimum Gasteiger partial charge on any atom is -0.396 e. The number of halogens is 4. The van der Waals surface area contributed by atoms with Crippen molar-refractivity contribution in [2.45, 2.75) is 13.1 Å². The van der Waals surface area contributed by atoms with E-state index >= 15 is 0 Å². The fourth-order valence-electron chi connectivity index (χ4n) is 1.54. The van der Waals surface area contributed by atoms with Crippen LogP contribution in [0.25, 0.3) is 5.69 Å². The fourth-order valence-corrected chi connectivity index (χ4v) is 1.77. The third-order valence-electron chi connectivity index (χ3n) is 2.55. The Morgan fingerprint density at radius 2 is 2.00 bits per heavy atom. The van der Waals surface area contributed by atoms with E-state index in [1.165, 1.54) is 23.0 Å². The molecular weight excluding hydrogens is 267 g/mol. The van der Waals surface area contributed by atoms with E-state index in [1.807, 2.05) is 0 Å². The van der Waals surface area contributed by atoms with Crippen LogP contribution in [0, 0.1) is 6.92 Å². The maximum absolute atomic E-state index is 12.7. The van der Waals surface area contributed by atoms with Gasteiger partial charge in [-0.1, -0.05) is 11.6 Å². The molecule has 3 nitrogen and oxygen atoms in total. The summed E-state index contributed by atoms with van der Waals surface area (Å²) in [6.45, 7) is 1.67. The summed E-state index contributed by atoms with van der Waals surface area (Å²) < 4.78 is 39.5. The van der Waals surface area contributed by atoms with Crippen molar-refractivity contribution in [2.75, 3.05) is 5.73 Å². The van der Waals surface area contributed by atoms with Crippen LogP contribution in [0.3, 0.4) is 0 Å². The van der Waals surface area contributed by atoms with Crippen molar-refractivity contribution in [2.24, 2.45) is 0 Å². The van der Waals surface area contributed by atoms with Crippen LogP contribution in [-0.2, 0) is 6.18 Å². The van der Waals surface area contributed by atoms with E-state index in [4.69, 9.17) is 17.3 Å². The average Bonchev–Trinajstić information content (AvgIpc) is 2.59. The SMILES string of the molecule is Cc1c(N)cnn1-c1ccc(Cl)c(C(F)(F)F)c1. The van der Waals surface area contributed by atoms with Gasteiger partial charge < -0.3 is 5.73 Å². The van der Waals surface area contributed by atoms with Crippen LogP contribution in [0.2, 0.25) is 5.02 Å². The van der Waals surface area contributed by atoms with Gasteiger partial charge in [0.2, 0.25) is 0 Å². The van der Waals surface area contributed by atoms with Crippen molar-refractivity contribution >= 4 is 17.3 Å². The standard InChI is InChI=1S/C11H9ClF3N3/c1-6-10(16)5-17-18(6)7-2-3-9(12)8(4-7)11(13,14)15/h2-5H,16H2,1H3. The maximum atomic E-state index is 12.7. The maximum Gasteiger partial charge on any atom is 0.417 e. The molecule has 7 heteroatoms. The highest BCUT2D eigenvalue weighted by Gasteiger charge is 2.33. The van der Waals surface area contributed by atoms with E-state index in [9.17, 15) is 13.2 Å². The van der Waals surface area contributed by atoms with Gasteiger partial charge in [0.05, 0.1) is 33.9 Å². The lowest BCUT2D eigenvalue weighted by Gasteiger charge is -2.11. The van der Waals surface area contributed by atoms with Crippen molar-refractivity contribution in [3.63, 3.8) is 0 Å². The summed E-state index contributed by atoms with van der Waals surface area (Å²) in [7, 11) is 0. The van der Waals surface area contributed by atoms with Gasteiger partial charge in [0.25, 0.3) is 0 Å². The van der Waals surface area contributed by atoms with E-state index in [2.05, 4.69) is 5.10 Å². The van der Waals surface area contributed by atoms with Gasteiger partial charge in [-0.2, -0.15) is 18.3 Å². The Morgan fingerprint density at radius 3 is 2.50 bits per heavy atom. The molecule has 2 N–H and O–H groups in total. The minimum atomic E-state index is -4.50. The zero-order valence-electron chi connectivity index (χ0n) is 9.29. The number of alkyl halides is 3. The van der Waals surface area contributed by atoms with Gasteiger partial charge in [-0.25, -0.2) is 4.68 Å². The third-order valence-corrected chi connectivity index (χ3v) is 2.88. The molecule has 2 rings (SSSR count). The van der Waals surface area contributed by atoms with E-state index < -0.39 is 11.7 Å².